The molecule has 0 N–H and O–H groups in total. The maximum absolute atomic E-state index is 12.6. The number of aromatic nitrogens is 2. The number of anilines is 1. The first-order valence-corrected chi connectivity index (χ1v) is 8.19. The molecule has 2 heterocycles. The third-order valence-corrected chi connectivity index (χ3v) is 4.54. The smallest absolute Gasteiger partial charge is 0.292 e. The number of amides is 1. The Hall–Kier alpha value is -2.34. The number of hydrogen-bond acceptors (Lipinski definition) is 4. The van der Waals surface area contributed by atoms with Crippen molar-refractivity contribution >= 4 is 23.2 Å². The van der Waals surface area contributed by atoms with E-state index in [0.29, 0.717) is 17.9 Å². The molecular weight excluding hydrogens is 328 g/mol. The van der Waals surface area contributed by atoms with Gasteiger partial charge in [0.2, 0.25) is 5.91 Å². The van der Waals surface area contributed by atoms with Gasteiger partial charge in [-0.1, -0.05) is 29.8 Å². The lowest BCUT2D eigenvalue weighted by Crippen LogP contribution is -2.43. The van der Waals surface area contributed by atoms with Crippen LogP contribution in [0.1, 0.15) is 12.8 Å². The van der Waals surface area contributed by atoms with Crippen molar-refractivity contribution in [1.29, 1.82) is 0 Å². The number of benzene rings is 1. The van der Waals surface area contributed by atoms with Gasteiger partial charge in [0.15, 0.2) is 0 Å². The number of hydrogen-bond donors (Lipinski definition) is 0. The van der Waals surface area contributed by atoms with E-state index in [1.165, 1.54) is 4.68 Å². The molecule has 126 valence electrons. The Morgan fingerprint density at radius 3 is 2.67 bits per heavy atom. The van der Waals surface area contributed by atoms with Gasteiger partial charge in [-0.25, -0.2) is 0 Å². The zero-order valence-corrected chi connectivity index (χ0v) is 14.4. The number of carbonyl (C=O) groups excluding carboxylic acids is 1. The van der Waals surface area contributed by atoms with Crippen molar-refractivity contribution in [3.05, 3.63) is 51.9 Å². The molecule has 1 unspecified atom stereocenters. The average Bonchev–Trinajstić information content (AvgIpc) is 3.06. The van der Waals surface area contributed by atoms with E-state index in [-0.39, 0.29) is 22.5 Å². The van der Waals surface area contributed by atoms with Crippen LogP contribution >= 0.6 is 11.6 Å². The van der Waals surface area contributed by atoms with Crippen LogP contribution in [0.5, 0.6) is 0 Å². The highest BCUT2D eigenvalue weighted by molar-refractivity contribution is 6.33. The Kier molecular flexibility index (Phi) is 4.57. The molecule has 1 atom stereocenters. The minimum atomic E-state index is -0.386. The molecule has 7 heteroatoms. The van der Waals surface area contributed by atoms with E-state index in [4.69, 9.17) is 11.6 Å². The first-order chi connectivity index (χ1) is 11.5. The van der Waals surface area contributed by atoms with Crippen LogP contribution in [0.4, 0.5) is 5.69 Å². The van der Waals surface area contributed by atoms with Crippen molar-refractivity contribution in [2.45, 2.75) is 18.9 Å². The van der Waals surface area contributed by atoms with E-state index in [1.807, 2.05) is 23.1 Å². The molecule has 0 bridgehead atoms. The molecule has 1 aromatic heterocycles. The standard InChI is InChI=1S/C17H19ClN4O2/c1-20(2)16(23)13-9-6-10-21(13)14-11-19-22(17(24)15(14)18)12-7-4-3-5-8-12/h3-5,7-8,11,13H,6,9-10H2,1-2H3. The summed E-state index contributed by atoms with van der Waals surface area (Å²) >= 11 is 6.34. The van der Waals surface area contributed by atoms with E-state index in [9.17, 15) is 9.59 Å². The zero-order valence-electron chi connectivity index (χ0n) is 13.6. The molecule has 24 heavy (non-hydrogen) atoms. The predicted molar refractivity (Wildman–Crippen MR) is 93.9 cm³/mol. The fraction of sp³-hybridized carbons (Fsp3) is 0.353. The highest BCUT2D eigenvalue weighted by Crippen LogP contribution is 2.30. The molecular formula is C17H19ClN4O2. The van der Waals surface area contributed by atoms with Crippen molar-refractivity contribution in [1.82, 2.24) is 14.7 Å². The molecule has 1 fully saturated rings. The Balaban J connectivity index is 2.00. The number of halogens is 1. The topological polar surface area (TPSA) is 58.4 Å². The molecule has 1 aliphatic rings. The quantitative estimate of drug-likeness (QED) is 0.852. The van der Waals surface area contributed by atoms with E-state index in [1.54, 1.807) is 37.3 Å². The third-order valence-electron chi connectivity index (χ3n) is 4.19. The monoisotopic (exact) mass is 346 g/mol. The second-order valence-corrected chi connectivity index (χ2v) is 6.36. The molecule has 0 aliphatic carbocycles. The molecule has 0 radical (unpaired) electrons. The fourth-order valence-corrected chi connectivity index (χ4v) is 3.22. The van der Waals surface area contributed by atoms with Gasteiger partial charge in [-0.2, -0.15) is 9.78 Å². The molecule has 1 aromatic carbocycles. The van der Waals surface area contributed by atoms with Crippen LogP contribution in [-0.4, -0.2) is 47.3 Å². The number of nitrogens with zero attached hydrogens (tertiary/aromatic N) is 4. The Labute approximate surface area is 145 Å². The number of carbonyl (C=O) groups is 1. The lowest BCUT2D eigenvalue weighted by molar-refractivity contribution is -0.129. The van der Waals surface area contributed by atoms with Crippen molar-refractivity contribution < 1.29 is 4.79 Å². The second kappa shape index (κ2) is 6.65. The molecule has 0 saturated carbocycles. The molecule has 1 saturated heterocycles. The van der Waals surface area contributed by atoms with Gasteiger partial charge in [0.25, 0.3) is 5.56 Å². The predicted octanol–water partition coefficient (Wildman–Crippen LogP) is 1.94. The Morgan fingerprint density at radius 2 is 2.00 bits per heavy atom. The number of rotatable bonds is 3. The summed E-state index contributed by atoms with van der Waals surface area (Å²) in [7, 11) is 3.46. The van der Waals surface area contributed by atoms with Crippen LogP contribution in [0.25, 0.3) is 5.69 Å². The van der Waals surface area contributed by atoms with Gasteiger partial charge in [0.1, 0.15) is 11.1 Å². The van der Waals surface area contributed by atoms with Gasteiger partial charge in [0, 0.05) is 20.6 Å². The second-order valence-electron chi connectivity index (χ2n) is 5.98. The SMILES string of the molecule is CN(C)C(=O)C1CCCN1c1cnn(-c2ccccc2)c(=O)c1Cl. The maximum Gasteiger partial charge on any atom is 0.292 e. The Morgan fingerprint density at radius 1 is 1.29 bits per heavy atom. The largest absolute Gasteiger partial charge is 0.357 e. The minimum Gasteiger partial charge on any atom is -0.357 e. The van der Waals surface area contributed by atoms with E-state index >= 15 is 0 Å². The van der Waals surface area contributed by atoms with Gasteiger partial charge < -0.3 is 9.80 Å². The summed E-state index contributed by atoms with van der Waals surface area (Å²) in [5.74, 6) is 0.0100. The zero-order chi connectivity index (χ0) is 17.3. The summed E-state index contributed by atoms with van der Waals surface area (Å²) < 4.78 is 1.27. The van der Waals surface area contributed by atoms with E-state index < -0.39 is 0 Å². The van der Waals surface area contributed by atoms with Crippen molar-refractivity contribution in [2.75, 3.05) is 25.5 Å². The maximum atomic E-state index is 12.6. The van der Waals surface area contributed by atoms with Gasteiger partial charge >= 0.3 is 0 Å². The summed E-state index contributed by atoms with van der Waals surface area (Å²) in [6, 6.07) is 8.81. The highest BCUT2D eigenvalue weighted by atomic mass is 35.5. The number of para-hydroxylation sites is 1. The number of likely N-dealkylation sites (N-methyl/N-ethyl adjacent to an activating group) is 1. The molecule has 1 aliphatic heterocycles. The van der Waals surface area contributed by atoms with Crippen molar-refractivity contribution in [3.8, 4) is 5.69 Å². The summed E-state index contributed by atoms with van der Waals surface area (Å²) in [5, 5.41) is 4.34. The third kappa shape index (κ3) is 2.89. The lowest BCUT2D eigenvalue weighted by atomic mass is 10.2. The average molecular weight is 347 g/mol. The van der Waals surface area contributed by atoms with Crippen LogP contribution in [0, 0.1) is 0 Å². The van der Waals surface area contributed by atoms with E-state index in [0.717, 1.165) is 12.8 Å². The van der Waals surface area contributed by atoms with Crippen LogP contribution in [0.15, 0.2) is 41.3 Å². The summed E-state index contributed by atoms with van der Waals surface area (Å²) in [6.07, 6.45) is 3.19. The first kappa shape index (κ1) is 16.5. The molecule has 3 rings (SSSR count). The lowest BCUT2D eigenvalue weighted by Gasteiger charge is -2.28. The van der Waals surface area contributed by atoms with Crippen LogP contribution in [-0.2, 0) is 4.79 Å². The summed E-state index contributed by atoms with van der Waals surface area (Å²) in [4.78, 5) is 28.4. The minimum absolute atomic E-state index is 0.0100. The Bertz CT molecular complexity index is 804. The van der Waals surface area contributed by atoms with Crippen LogP contribution in [0.3, 0.4) is 0 Å². The molecule has 2 aromatic rings. The van der Waals surface area contributed by atoms with Crippen molar-refractivity contribution in [3.63, 3.8) is 0 Å². The van der Waals surface area contributed by atoms with Gasteiger partial charge in [-0.15, -0.1) is 0 Å². The van der Waals surface area contributed by atoms with Gasteiger partial charge in [-0.3, -0.25) is 9.59 Å². The molecule has 0 spiro atoms. The van der Waals surface area contributed by atoms with Gasteiger partial charge in [-0.05, 0) is 25.0 Å². The molecule has 6 nitrogen and oxygen atoms in total. The van der Waals surface area contributed by atoms with Crippen LogP contribution in [0.2, 0.25) is 5.02 Å². The van der Waals surface area contributed by atoms with Crippen LogP contribution < -0.4 is 10.5 Å². The normalized spacial score (nSPS) is 17.1. The summed E-state index contributed by atoms with van der Waals surface area (Å²) in [5.41, 5.74) is 0.785. The summed E-state index contributed by atoms with van der Waals surface area (Å²) in [6.45, 7) is 0.681. The fourth-order valence-electron chi connectivity index (χ4n) is 2.99. The van der Waals surface area contributed by atoms with Gasteiger partial charge in [0.05, 0.1) is 17.6 Å². The first-order valence-electron chi connectivity index (χ1n) is 7.81. The highest BCUT2D eigenvalue weighted by Gasteiger charge is 2.33. The molecule has 1 amide bonds. The van der Waals surface area contributed by atoms with E-state index in [2.05, 4.69) is 5.10 Å². The van der Waals surface area contributed by atoms with Crippen molar-refractivity contribution in [2.24, 2.45) is 0 Å².